The highest BCUT2D eigenvalue weighted by Gasteiger charge is 2.32. The molecule has 19 heavy (non-hydrogen) atoms. The van der Waals surface area contributed by atoms with Gasteiger partial charge in [0, 0.05) is 16.3 Å². The number of ketones is 1. The third-order valence-corrected chi connectivity index (χ3v) is 6.53. The standard InChI is InChI=1S/C13H13F3OS2/c1-6-7(2)19-10(5-18-6)13(17)8-3-4-9(14)12(16)11(8)15/h3-4,6-7,10H,5H2,1-2H3. The van der Waals surface area contributed by atoms with Crippen molar-refractivity contribution in [2.24, 2.45) is 0 Å². The molecular weight excluding hydrogens is 293 g/mol. The Morgan fingerprint density at radius 2 is 1.84 bits per heavy atom. The lowest BCUT2D eigenvalue weighted by molar-refractivity contribution is 0.0989. The number of rotatable bonds is 2. The van der Waals surface area contributed by atoms with E-state index in [1.165, 1.54) is 11.8 Å². The first-order chi connectivity index (χ1) is 8.91. The molecule has 1 saturated heterocycles. The molecule has 6 heteroatoms. The molecule has 1 aliphatic rings. The molecule has 0 aliphatic carbocycles. The summed E-state index contributed by atoms with van der Waals surface area (Å²) in [5.74, 6) is -4.15. The molecule has 3 atom stereocenters. The average Bonchev–Trinajstić information content (AvgIpc) is 2.39. The maximum absolute atomic E-state index is 13.6. The number of thioether (sulfide) groups is 2. The quantitative estimate of drug-likeness (QED) is 0.609. The fraction of sp³-hybridized carbons (Fsp3) is 0.462. The van der Waals surface area contributed by atoms with Gasteiger partial charge in [0.1, 0.15) is 0 Å². The van der Waals surface area contributed by atoms with Crippen LogP contribution in [0.25, 0.3) is 0 Å². The topological polar surface area (TPSA) is 17.1 Å². The fourth-order valence-corrected chi connectivity index (χ4v) is 4.68. The van der Waals surface area contributed by atoms with Crippen LogP contribution in [0.1, 0.15) is 24.2 Å². The SMILES string of the molecule is CC1SCC(C(=O)c2ccc(F)c(F)c2F)SC1C. The summed E-state index contributed by atoms with van der Waals surface area (Å²) in [6, 6.07) is 1.81. The van der Waals surface area contributed by atoms with E-state index in [0.29, 0.717) is 11.0 Å². The maximum atomic E-state index is 13.6. The molecule has 104 valence electrons. The van der Waals surface area contributed by atoms with Gasteiger partial charge in [-0.25, -0.2) is 13.2 Å². The smallest absolute Gasteiger partial charge is 0.195 e. The Labute approximate surface area is 118 Å². The largest absolute Gasteiger partial charge is 0.293 e. The van der Waals surface area contributed by atoms with Crippen molar-refractivity contribution in [1.29, 1.82) is 0 Å². The van der Waals surface area contributed by atoms with E-state index in [9.17, 15) is 18.0 Å². The van der Waals surface area contributed by atoms with Gasteiger partial charge in [-0.1, -0.05) is 13.8 Å². The zero-order valence-electron chi connectivity index (χ0n) is 10.5. The van der Waals surface area contributed by atoms with Crippen molar-refractivity contribution in [3.8, 4) is 0 Å². The molecule has 1 aromatic carbocycles. The highest BCUT2D eigenvalue weighted by molar-refractivity contribution is 8.08. The molecule has 0 spiro atoms. The number of benzene rings is 1. The highest BCUT2D eigenvalue weighted by Crippen LogP contribution is 2.37. The van der Waals surface area contributed by atoms with Gasteiger partial charge >= 0.3 is 0 Å². The number of hydrogen-bond acceptors (Lipinski definition) is 3. The van der Waals surface area contributed by atoms with Crippen molar-refractivity contribution in [3.05, 3.63) is 35.1 Å². The lowest BCUT2D eigenvalue weighted by Crippen LogP contribution is -2.32. The van der Waals surface area contributed by atoms with E-state index >= 15 is 0 Å². The van der Waals surface area contributed by atoms with E-state index in [4.69, 9.17) is 0 Å². The van der Waals surface area contributed by atoms with Gasteiger partial charge in [-0.15, -0.1) is 11.8 Å². The predicted molar refractivity (Wildman–Crippen MR) is 73.4 cm³/mol. The second-order valence-corrected chi connectivity index (χ2v) is 7.45. The molecule has 1 fully saturated rings. The van der Waals surface area contributed by atoms with Gasteiger partial charge in [-0.2, -0.15) is 11.8 Å². The number of Topliss-reactive ketones (excluding diaryl/α,β-unsaturated/α-hetero) is 1. The molecule has 0 saturated carbocycles. The van der Waals surface area contributed by atoms with E-state index in [2.05, 4.69) is 6.92 Å². The van der Waals surface area contributed by atoms with E-state index < -0.39 is 28.5 Å². The highest BCUT2D eigenvalue weighted by atomic mass is 32.2. The summed E-state index contributed by atoms with van der Waals surface area (Å²) in [5.41, 5.74) is -0.362. The van der Waals surface area contributed by atoms with Gasteiger partial charge in [0.05, 0.1) is 10.8 Å². The number of carbonyl (C=O) groups is 1. The van der Waals surface area contributed by atoms with Crippen LogP contribution >= 0.6 is 23.5 Å². The lowest BCUT2D eigenvalue weighted by Gasteiger charge is -2.30. The minimum Gasteiger partial charge on any atom is -0.293 e. The second kappa shape index (κ2) is 5.79. The Morgan fingerprint density at radius 3 is 2.47 bits per heavy atom. The first-order valence-corrected chi connectivity index (χ1v) is 7.85. The summed E-state index contributed by atoms with van der Waals surface area (Å²) in [7, 11) is 0. The van der Waals surface area contributed by atoms with Crippen LogP contribution in [0.5, 0.6) is 0 Å². The Kier molecular flexibility index (Phi) is 4.50. The molecule has 2 rings (SSSR count). The number of halogens is 3. The number of carbonyl (C=O) groups excluding carboxylic acids is 1. The van der Waals surface area contributed by atoms with Crippen LogP contribution in [-0.2, 0) is 0 Å². The molecule has 1 aromatic rings. The van der Waals surface area contributed by atoms with E-state index in [1.807, 2.05) is 6.92 Å². The van der Waals surface area contributed by atoms with Crippen LogP contribution in [0.15, 0.2) is 12.1 Å². The average molecular weight is 306 g/mol. The van der Waals surface area contributed by atoms with Crippen molar-refractivity contribution in [2.75, 3.05) is 5.75 Å². The zero-order chi connectivity index (χ0) is 14.2. The van der Waals surface area contributed by atoms with Gasteiger partial charge in [0.15, 0.2) is 23.2 Å². The molecule has 0 radical (unpaired) electrons. The van der Waals surface area contributed by atoms with Crippen LogP contribution in [0.4, 0.5) is 13.2 Å². The summed E-state index contributed by atoms with van der Waals surface area (Å²) in [6.45, 7) is 4.07. The molecule has 1 aliphatic heterocycles. The third kappa shape index (κ3) is 2.94. The van der Waals surface area contributed by atoms with Gasteiger partial charge < -0.3 is 0 Å². The first-order valence-electron chi connectivity index (χ1n) is 5.86. The molecule has 1 heterocycles. The van der Waals surface area contributed by atoms with E-state index in [1.54, 1.807) is 11.8 Å². The summed E-state index contributed by atoms with van der Waals surface area (Å²) in [4.78, 5) is 12.2. The Hall–Kier alpha value is -0.620. The van der Waals surface area contributed by atoms with Gasteiger partial charge in [-0.05, 0) is 12.1 Å². The molecule has 1 nitrogen and oxygen atoms in total. The molecule has 0 N–H and O–H groups in total. The van der Waals surface area contributed by atoms with Crippen molar-refractivity contribution < 1.29 is 18.0 Å². The van der Waals surface area contributed by atoms with Gasteiger partial charge in [0.25, 0.3) is 0 Å². The van der Waals surface area contributed by atoms with Crippen LogP contribution in [0.3, 0.4) is 0 Å². The van der Waals surface area contributed by atoms with Crippen LogP contribution in [0, 0.1) is 17.5 Å². The van der Waals surface area contributed by atoms with Crippen LogP contribution in [0.2, 0.25) is 0 Å². The van der Waals surface area contributed by atoms with Crippen molar-refractivity contribution >= 4 is 29.3 Å². The van der Waals surface area contributed by atoms with Gasteiger partial charge in [-0.3, -0.25) is 4.79 Å². The van der Waals surface area contributed by atoms with E-state index in [0.717, 1.165) is 12.1 Å². The van der Waals surface area contributed by atoms with Crippen molar-refractivity contribution in [3.63, 3.8) is 0 Å². The van der Waals surface area contributed by atoms with Gasteiger partial charge in [0.2, 0.25) is 0 Å². The summed E-state index contributed by atoms with van der Waals surface area (Å²) >= 11 is 3.10. The second-order valence-electron chi connectivity index (χ2n) is 4.46. The predicted octanol–water partition coefficient (Wildman–Crippen LogP) is 3.91. The summed E-state index contributed by atoms with van der Waals surface area (Å²) < 4.78 is 39.6. The van der Waals surface area contributed by atoms with Crippen molar-refractivity contribution in [1.82, 2.24) is 0 Å². The monoisotopic (exact) mass is 306 g/mol. The Balaban J connectivity index is 2.23. The minimum absolute atomic E-state index is 0.265. The Bertz CT molecular complexity index is 507. The molecule has 0 amide bonds. The molecule has 0 aromatic heterocycles. The normalized spacial score (nSPS) is 27.3. The molecule has 0 bridgehead atoms. The lowest BCUT2D eigenvalue weighted by atomic mass is 10.1. The van der Waals surface area contributed by atoms with Crippen LogP contribution in [-0.4, -0.2) is 27.3 Å². The minimum atomic E-state index is -1.58. The van der Waals surface area contributed by atoms with Crippen molar-refractivity contribution in [2.45, 2.75) is 29.6 Å². The zero-order valence-corrected chi connectivity index (χ0v) is 12.1. The maximum Gasteiger partial charge on any atom is 0.195 e. The Morgan fingerprint density at radius 1 is 1.16 bits per heavy atom. The fourth-order valence-electron chi connectivity index (χ4n) is 1.81. The van der Waals surface area contributed by atoms with Crippen LogP contribution < -0.4 is 0 Å². The third-order valence-electron chi connectivity index (χ3n) is 3.14. The van der Waals surface area contributed by atoms with E-state index in [-0.39, 0.29) is 10.8 Å². The number of hydrogen-bond donors (Lipinski definition) is 0. The first kappa shape index (κ1) is 14.8. The molecular formula is C13H13F3OS2. The summed E-state index contributed by atoms with van der Waals surface area (Å²) in [5, 5.41) is 0.278. The summed E-state index contributed by atoms with van der Waals surface area (Å²) in [6.07, 6.45) is 0. The molecule has 3 unspecified atom stereocenters.